The molecule has 54 valence electrons. The third kappa shape index (κ3) is 58.1. The molecule has 0 amide bonds. The standard InChI is InChI=1S/6ClH.2K.Ru/h6*1H;;;/q;;;;;;2*+1;+2/p-6. The van der Waals surface area contributed by atoms with E-state index in [9.17, 15) is 0 Å². The first-order chi connectivity index (χ1) is 0. The van der Waals surface area contributed by atoms with Gasteiger partial charge in [-0.05, 0) is 0 Å². The third-order valence-corrected chi connectivity index (χ3v) is 0. The zero-order valence-electron chi connectivity index (χ0n) is 4.62. The number of hydrogen-bond donors (Lipinski definition) is 0. The van der Waals surface area contributed by atoms with Crippen molar-refractivity contribution in [3.8, 4) is 0 Å². The SMILES string of the molecule is [Cl-].[Cl-].[Cl-].[Cl-].[Cl-].[Cl-].[K+].[K+].[Ru+2]. The number of halogens is 6. The van der Waals surface area contributed by atoms with Crippen molar-refractivity contribution in [2.45, 2.75) is 0 Å². The van der Waals surface area contributed by atoms with Crippen LogP contribution in [-0.2, 0) is 19.5 Å². The van der Waals surface area contributed by atoms with Crippen LogP contribution in [0.5, 0.6) is 0 Å². The van der Waals surface area contributed by atoms with Crippen molar-refractivity contribution in [1.29, 1.82) is 0 Å². The Morgan fingerprint density at radius 3 is 0.333 bits per heavy atom. The second-order valence-corrected chi connectivity index (χ2v) is 0. The van der Waals surface area contributed by atoms with Gasteiger partial charge in [0.15, 0.2) is 0 Å². The number of hydrogen-bond acceptors (Lipinski definition) is 0. The van der Waals surface area contributed by atoms with Crippen LogP contribution in [0.15, 0.2) is 0 Å². The predicted molar refractivity (Wildman–Crippen MR) is 0 cm³/mol. The van der Waals surface area contributed by atoms with Gasteiger partial charge in [-0.15, -0.1) is 0 Å². The Morgan fingerprint density at radius 2 is 0.333 bits per heavy atom. The molecule has 0 aromatic heterocycles. The fraction of sp³-hybridized carbons (Fsp3) is 0. The van der Waals surface area contributed by atoms with E-state index >= 15 is 0 Å². The second-order valence-electron chi connectivity index (χ2n) is 0. The van der Waals surface area contributed by atoms with Gasteiger partial charge < -0.3 is 74.4 Å². The Bertz CT molecular complexity index is 11.0. The normalized spacial score (nSPS) is 0. The first kappa shape index (κ1) is 85.7. The van der Waals surface area contributed by atoms with E-state index in [0.29, 0.717) is 0 Å². The Labute approximate surface area is 191 Å². The smallest absolute Gasteiger partial charge is 1.00 e. The van der Waals surface area contributed by atoms with Crippen LogP contribution in [0.1, 0.15) is 0 Å². The van der Waals surface area contributed by atoms with E-state index in [2.05, 4.69) is 0 Å². The molecule has 0 aromatic rings. The first-order valence-corrected chi connectivity index (χ1v) is 0. The monoisotopic (exact) mass is 390 g/mol. The molecule has 9 heteroatoms. The fourth-order valence-corrected chi connectivity index (χ4v) is 0. The molecule has 0 radical (unpaired) electrons. The molecule has 0 saturated heterocycles. The van der Waals surface area contributed by atoms with Crippen molar-refractivity contribution >= 4 is 0 Å². The summed E-state index contributed by atoms with van der Waals surface area (Å²) in [5.74, 6) is 0. The molecule has 0 aliphatic rings. The average molecular weight is 392 g/mol. The quantitative estimate of drug-likeness (QED) is 0.360. The zero-order chi connectivity index (χ0) is 0. The van der Waals surface area contributed by atoms with Gasteiger partial charge >= 0.3 is 122 Å². The molecule has 0 rings (SSSR count). The summed E-state index contributed by atoms with van der Waals surface area (Å²) >= 11 is 0. The minimum Gasteiger partial charge on any atom is -1.00 e. The van der Waals surface area contributed by atoms with Crippen LogP contribution in [0.25, 0.3) is 0 Å². The van der Waals surface area contributed by atoms with Crippen LogP contribution in [0.4, 0.5) is 0 Å². The summed E-state index contributed by atoms with van der Waals surface area (Å²) in [5, 5.41) is 0. The van der Waals surface area contributed by atoms with Gasteiger partial charge in [-0.25, -0.2) is 0 Å². The summed E-state index contributed by atoms with van der Waals surface area (Å²) in [6.07, 6.45) is 0. The van der Waals surface area contributed by atoms with E-state index in [1.165, 1.54) is 0 Å². The zero-order valence-corrected chi connectivity index (χ0v) is 17.1. The van der Waals surface area contributed by atoms with Gasteiger partial charge in [-0.2, -0.15) is 0 Å². The topological polar surface area (TPSA) is 0 Å². The van der Waals surface area contributed by atoms with Gasteiger partial charge in [0, 0.05) is 0 Å². The average Bonchev–Trinajstić information content (AvgIpc) is 0. The third-order valence-electron chi connectivity index (χ3n) is 0. The van der Waals surface area contributed by atoms with Gasteiger partial charge in [0.05, 0.1) is 0 Å². The van der Waals surface area contributed by atoms with Crippen molar-refractivity contribution in [3.63, 3.8) is 0 Å². The van der Waals surface area contributed by atoms with Gasteiger partial charge in [0.2, 0.25) is 0 Å². The van der Waals surface area contributed by atoms with Crippen molar-refractivity contribution in [2.24, 2.45) is 0 Å². The van der Waals surface area contributed by atoms with Gasteiger partial charge in [0.1, 0.15) is 0 Å². The van der Waals surface area contributed by atoms with Crippen LogP contribution in [0, 0.1) is 0 Å². The maximum atomic E-state index is 0. The molecular formula is Cl6K2Ru-2. The predicted octanol–water partition coefficient (Wildman–Crippen LogP) is -24.0. The summed E-state index contributed by atoms with van der Waals surface area (Å²) in [6.45, 7) is 0. The summed E-state index contributed by atoms with van der Waals surface area (Å²) in [5.41, 5.74) is 0. The van der Waals surface area contributed by atoms with E-state index < -0.39 is 0 Å². The summed E-state index contributed by atoms with van der Waals surface area (Å²) in [4.78, 5) is 0. The Balaban J connectivity index is 0. The molecule has 0 N–H and O–H groups in total. The van der Waals surface area contributed by atoms with E-state index in [1.807, 2.05) is 0 Å². The molecule has 0 nitrogen and oxygen atoms in total. The molecule has 0 aromatic carbocycles. The van der Waals surface area contributed by atoms with Crippen LogP contribution in [0.2, 0.25) is 0 Å². The minimum atomic E-state index is 0. The van der Waals surface area contributed by atoms with Gasteiger partial charge in [-0.3, -0.25) is 0 Å². The molecular weight excluding hydrogens is 392 g/mol. The summed E-state index contributed by atoms with van der Waals surface area (Å²) < 4.78 is 0. The second kappa shape index (κ2) is 68.5. The molecule has 0 fully saturated rings. The molecule has 0 bridgehead atoms. The van der Waals surface area contributed by atoms with Crippen molar-refractivity contribution in [3.05, 3.63) is 0 Å². The molecule has 0 unspecified atom stereocenters. The van der Waals surface area contributed by atoms with Crippen LogP contribution >= 0.6 is 0 Å². The van der Waals surface area contributed by atoms with Crippen molar-refractivity contribution in [1.82, 2.24) is 0 Å². The molecule has 0 spiro atoms. The summed E-state index contributed by atoms with van der Waals surface area (Å²) in [6, 6.07) is 0. The Kier molecular flexibility index (Phi) is 652. The van der Waals surface area contributed by atoms with Crippen molar-refractivity contribution < 1.29 is 197 Å². The minimum absolute atomic E-state index is 0. The molecule has 0 atom stereocenters. The maximum Gasteiger partial charge on any atom is 2.00 e. The van der Waals surface area contributed by atoms with Gasteiger partial charge in [0.25, 0.3) is 0 Å². The largest absolute Gasteiger partial charge is 2.00 e. The maximum absolute atomic E-state index is 0. The summed E-state index contributed by atoms with van der Waals surface area (Å²) in [7, 11) is 0. The van der Waals surface area contributed by atoms with E-state index in [4.69, 9.17) is 0 Å². The molecule has 0 saturated carbocycles. The Hall–Kier alpha value is 5.64. The van der Waals surface area contributed by atoms with E-state index in [0.717, 1.165) is 0 Å². The van der Waals surface area contributed by atoms with E-state index in [1.54, 1.807) is 0 Å². The first-order valence-electron chi connectivity index (χ1n) is 0. The van der Waals surface area contributed by atoms with Gasteiger partial charge in [-0.1, -0.05) is 0 Å². The molecule has 9 heavy (non-hydrogen) atoms. The van der Waals surface area contributed by atoms with E-state index in [-0.39, 0.29) is 197 Å². The molecule has 0 aliphatic carbocycles. The Morgan fingerprint density at radius 1 is 0.333 bits per heavy atom. The number of rotatable bonds is 0. The van der Waals surface area contributed by atoms with Crippen LogP contribution in [-0.4, -0.2) is 0 Å². The molecule has 0 heterocycles. The molecule has 0 aliphatic heterocycles. The fourth-order valence-electron chi connectivity index (χ4n) is 0. The van der Waals surface area contributed by atoms with Crippen LogP contribution in [0.3, 0.4) is 0 Å². The van der Waals surface area contributed by atoms with Crippen molar-refractivity contribution in [2.75, 3.05) is 0 Å². The van der Waals surface area contributed by atoms with Crippen LogP contribution < -0.4 is 177 Å².